The molecule has 158 valence electrons. The maximum Gasteiger partial charge on any atom is 0.251 e. The highest BCUT2D eigenvalue weighted by molar-refractivity contribution is 7.89. The Morgan fingerprint density at radius 1 is 1.00 bits per heavy atom. The van der Waals surface area contributed by atoms with E-state index in [-0.39, 0.29) is 16.8 Å². The molecule has 1 amide bonds. The van der Waals surface area contributed by atoms with Crippen LogP contribution in [0.25, 0.3) is 0 Å². The number of carbonyl (C=O) groups excluding carboxylic acids is 1. The van der Waals surface area contributed by atoms with Gasteiger partial charge in [0.2, 0.25) is 10.0 Å². The van der Waals surface area contributed by atoms with Gasteiger partial charge in [0.1, 0.15) is 0 Å². The topological polar surface area (TPSA) is 84.9 Å². The highest BCUT2D eigenvalue weighted by atomic mass is 32.2. The van der Waals surface area contributed by atoms with E-state index in [1.165, 1.54) is 38.4 Å². The molecule has 8 heteroatoms. The van der Waals surface area contributed by atoms with Crippen molar-refractivity contribution in [3.05, 3.63) is 53.6 Å². The minimum Gasteiger partial charge on any atom is -0.490 e. The number of carbonyl (C=O) groups is 1. The van der Waals surface area contributed by atoms with Gasteiger partial charge >= 0.3 is 0 Å². The van der Waals surface area contributed by atoms with Crippen LogP contribution in [-0.4, -0.2) is 45.9 Å². The third-order valence-electron chi connectivity index (χ3n) is 4.31. The summed E-state index contributed by atoms with van der Waals surface area (Å²) in [5.41, 5.74) is 1.25. The van der Waals surface area contributed by atoms with Crippen LogP contribution in [0.5, 0.6) is 11.5 Å². The fourth-order valence-electron chi connectivity index (χ4n) is 2.69. The van der Waals surface area contributed by atoms with Gasteiger partial charge in [0.05, 0.1) is 24.2 Å². The molecule has 0 aliphatic rings. The van der Waals surface area contributed by atoms with Gasteiger partial charge in [0, 0.05) is 19.7 Å². The molecule has 2 aromatic carbocycles. The fraction of sp³-hybridized carbons (Fsp3) is 0.381. The van der Waals surface area contributed by atoms with Crippen molar-refractivity contribution in [1.82, 2.24) is 9.62 Å². The van der Waals surface area contributed by atoms with Crippen LogP contribution >= 0.6 is 0 Å². The van der Waals surface area contributed by atoms with Crippen molar-refractivity contribution in [3.8, 4) is 11.5 Å². The first-order valence-corrected chi connectivity index (χ1v) is 10.9. The lowest BCUT2D eigenvalue weighted by molar-refractivity contribution is 0.0939. The Bertz CT molecular complexity index is 940. The highest BCUT2D eigenvalue weighted by Crippen LogP contribution is 2.30. The van der Waals surface area contributed by atoms with Gasteiger partial charge in [-0.15, -0.1) is 0 Å². The van der Waals surface area contributed by atoms with Gasteiger partial charge in [0.25, 0.3) is 5.91 Å². The quantitative estimate of drug-likeness (QED) is 0.673. The smallest absolute Gasteiger partial charge is 0.251 e. The molecule has 0 spiro atoms. The van der Waals surface area contributed by atoms with Crippen molar-refractivity contribution in [2.75, 3.05) is 27.3 Å². The Morgan fingerprint density at radius 2 is 1.59 bits per heavy atom. The SMILES string of the molecule is CCOc1ccc([C@H](C)NC(=O)c2ccc(S(=O)(=O)N(C)C)cc2)cc1OCC. The molecule has 0 radical (unpaired) electrons. The van der Waals surface area contributed by atoms with Gasteiger partial charge in [0.15, 0.2) is 11.5 Å². The number of hydrogen-bond acceptors (Lipinski definition) is 5. The van der Waals surface area contributed by atoms with Crippen molar-refractivity contribution >= 4 is 15.9 Å². The summed E-state index contributed by atoms with van der Waals surface area (Å²) in [6, 6.07) is 11.1. The number of amides is 1. The van der Waals surface area contributed by atoms with Crippen LogP contribution in [0.1, 0.15) is 42.7 Å². The summed E-state index contributed by atoms with van der Waals surface area (Å²) in [6.45, 7) is 6.71. The Hall–Kier alpha value is -2.58. The molecule has 0 saturated carbocycles. The molecule has 1 atom stereocenters. The molecule has 0 fully saturated rings. The molecule has 2 aromatic rings. The van der Waals surface area contributed by atoms with E-state index < -0.39 is 10.0 Å². The van der Waals surface area contributed by atoms with Crippen molar-refractivity contribution in [3.63, 3.8) is 0 Å². The van der Waals surface area contributed by atoms with Crippen LogP contribution in [0.15, 0.2) is 47.4 Å². The highest BCUT2D eigenvalue weighted by Gasteiger charge is 2.18. The molecule has 29 heavy (non-hydrogen) atoms. The zero-order valence-corrected chi connectivity index (χ0v) is 18.2. The monoisotopic (exact) mass is 420 g/mol. The molecule has 0 saturated heterocycles. The first kappa shape index (κ1) is 22.7. The second-order valence-corrected chi connectivity index (χ2v) is 8.73. The number of nitrogens with zero attached hydrogens (tertiary/aromatic N) is 1. The molecule has 0 aromatic heterocycles. The predicted octanol–water partition coefficient (Wildman–Crippen LogP) is 3.23. The van der Waals surface area contributed by atoms with Gasteiger partial charge in [-0.2, -0.15) is 0 Å². The van der Waals surface area contributed by atoms with E-state index in [2.05, 4.69) is 5.32 Å². The maximum absolute atomic E-state index is 12.6. The summed E-state index contributed by atoms with van der Waals surface area (Å²) in [4.78, 5) is 12.7. The van der Waals surface area contributed by atoms with E-state index in [1.54, 1.807) is 0 Å². The lowest BCUT2D eigenvalue weighted by atomic mass is 10.1. The molecular weight excluding hydrogens is 392 g/mol. The lowest BCUT2D eigenvalue weighted by Crippen LogP contribution is -2.27. The Kier molecular flexibility index (Phi) is 7.64. The van der Waals surface area contributed by atoms with E-state index in [1.807, 2.05) is 39.0 Å². The molecular formula is C21H28N2O5S. The summed E-state index contributed by atoms with van der Waals surface area (Å²) in [7, 11) is -0.602. The molecule has 7 nitrogen and oxygen atoms in total. The Labute approximate surface area is 172 Å². The number of rotatable bonds is 9. The maximum atomic E-state index is 12.6. The van der Waals surface area contributed by atoms with Gasteiger partial charge in [-0.05, 0) is 62.7 Å². The largest absolute Gasteiger partial charge is 0.490 e. The van der Waals surface area contributed by atoms with Crippen molar-refractivity contribution < 1.29 is 22.7 Å². The zero-order chi connectivity index (χ0) is 21.6. The first-order chi connectivity index (χ1) is 13.7. The number of sulfonamides is 1. The summed E-state index contributed by atoms with van der Waals surface area (Å²) in [5, 5.41) is 2.92. The average molecular weight is 421 g/mol. The number of ether oxygens (including phenoxy) is 2. The number of benzene rings is 2. The molecule has 0 aliphatic heterocycles. The fourth-order valence-corrected chi connectivity index (χ4v) is 3.59. The third-order valence-corrected chi connectivity index (χ3v) is 6.14. The van der Waals surface area contributed by atoms with E-state index in [0.717, 1.165) is 9.87 Å². The third kappa shape index (κ3) is 5.48. The molecule has 0 aliphatic carbocycles. The van der Waals surface area contributed by atoms with E-state index in [4.69, 9.17) is 9.47 Å². The zero-order valence-electron chi connectivity index (χ0n) is 17.4. The van der Waals surface area contributed by atoms with Crippen LogP contribution < -0.4 is 14.8 Å². The van der Waals surface area contributed by atoms with E-state index >= 15 is 0 Å². The van der Waals surface area contributed by atoms with Crippen LogP contribution in [0.3, 0.4) is 0 Å². The predicted molar refractivity (Wildman–Crippen MR) is 112 cm³/mol. The summed E-state index contributed by atoms with van der Waals surface area (Å²) in [5.74, 6) is 0.999. The molecule has 0 unspecified atom stereocenters. The lowest BCUT2D eigenvalue weighted by Gasteiger charge is -2.18. The number of nitrogens with one attached hydrogen (secondary N) is 1. The van der Waals surface area contributed by atoms with Crippen LogP contribution in [0, 0.1) is 0 Å². The van der Waals surface area contributed by atoms with Crippen LogP contribution in [0.2, 0.25) is 0 Å². The van der Waals surface area contributed by atoms with Gasteiger partial charge in [-0.3, -0.25) is 4.79 Å². The minimum atomic E-state index is -3.53. The molecule has 2 rings (SSSR count). The summed E-state index contributed by atoms with van der Waals surface area (Å²) < 4.78 is 36.6. The minimum absolute atomic E-state index is 0.139. The summed E-state index contributed by atoms with van der Waals surface area (Å²) >= 11 is 0. The van der Waals surface area contributed by atoms with Crippen molar-refractivity contribution in [2.24, 2.45) is 0 Å². The Balaban J connectivity index is 2.15. The molecule has 1 N–H and O–H groups in total. The number of hydrogen-bond donors (Lipinski definition) is 1. The normalized spacial score (nSPS) is 12.5. The standard InChI is InChI=1S/C21H28N2O5S/c1-6-27-19-13-10-17(14-20(19)28-7-2)15(3)22-21(24)16-8-11-18(12-9-16)29(25,26)23(4)5/h8-15H,6-7H2,1-5H3,(H,22,24)/t15-/m0/s1. The van der Waals surface area contributed by atoms with Crippen LogP contribution in [-0.2, 0) is 10.0 Å². The van der Waals surface area contributed by atoms with E-state index in [0.29, 0.717) is 30.3 Å². The Morgan fingerprint density at radius 3 is 2.14 bits per heavy atom. The first-order valence-electron chi connectivity index (χ1n) is 9.43. The second-order valence-electron chi connectivity index (χ2n) is 6.58. The molecule has 0 heterocycles. The second kappa shape index (κ2) is 9.76. The van der Waals surface area contributed by atoms with Gasteiger partial charge in [-0.25, -0.2) is 12.7 Å². The van der Waals surface area contributed by atoms with Crippen LogP contribution in [0.4, 0.5) is 0 Å². The van der Waals surface area contributed by atoms with Crippen molar-refractivity contribution in [2.45, 2.75) is 31.7 Å². The van der Waals surface area contributed by atoms with Gasteiger partial charge < -0.3 is 14.8 Å². The summed E-state index contributed by atoms with van der Waals surface area (Å²) in [6.07, 6.45) is 0. The molecule has 0 bridgehead atoms. The average Bonchev–Trinajstić information content (AvgIpc) is 2.69. The van der Waals surface area contributed by atoms with E-state index in [9.17, 15) is 13.2 Å². The van der Waals surface area contributed by atoms with Crippen molar-refractivity contribution in [1.29, 1.82) is 0 Å². The van der Waals surface area contributed by atoms with Gasteiger partial charge in [-0.1, -0.05) is 6.07 Å².